The molecule has 1 saturated carbocycles. The Kier molecular flexibility index (Phi) is 4.52. The molecule has 3 heteroatoms. The molecule has 0 aromatic heterocycles. The fourth-order valence-electron chi connectivity index (χ4n) is 3.05. The molecule has 2 fully saturated rings. The molecule has 110 valence electrons. The molecule has 1 aromatic rings. The third kappa shape index (κ3) is 3.48. The van der Waals surface area contributed by atoms with Crippen LogP contribution in [0.15, 0.2) is 18.2 Å². The fourth-order valence-corrected chi connectivity index (χ4v) is 3.37. The Hall–Kier alpha value is -0.730. The number of nitrogens with one attached hydrogen (secondary N) is 1. The minimum absolute atomic E-state index is 0.751. The van der Waals surface area contributed by atoms with Crippen molar-refractivity contribution < 1.29 is 0 Å². The summed E-state index contributed by atoms with van der Waals surface area (Å²) in [6.45, 7) is 5.55. The molecule has 1 heterocycles. The van der Waals surface area contributed by atoms with E-state index in [4.69, 9.17) is 11.6 Å². The Labute approximate surface area is 127 Å². The number of hydrogen-bond donors (Lipinski definition) is 1. The molecule has 1 aliphatic heterocycles. The molecule has 0 bridgehead atoms. The van der Waals surface area contributed by atoms with Gasteiger partial charge in [-0.25, -0.2) is 0 Å². The van der Waals surface area contributed by atoms with Crippen molar-refractivity contribution in [3.05, 3.63) is 28.8 Å². The second-order valence-electron chi connectivity index (χ2n) is 6.28. The number of piperidine rings is 1. The van der Waals surface area contributed by atoms with Gasteiger partial charge in [0.05, 0.1) is 10.7 Å². The highest BCUT2D eigenvalue weighted by Gasteiger charge is 2.21. The molecular formula is C17H25ClN2. The SMILES string of the molecule is CCC1CCN(c2ccc(CNC3CC3)cc2Cl)CC1. The van der Waals surface area contributed by atoms with Crippen LogP contribution in [-0.4, -0.2) is 19.1 Å². The zero-order valence-corrected chi connectivity index (χ0v) is 13.1. The van der Waals surface area contributed by atoms with E-state index in [2.05, 4.69) is 35.3 Å². The van der Waals surface area contributed by atoms with Crippen molar-refractivity contribution in [2.75, 3.05) is 18.0 Å². The van der Waals surface area contributed by atoms with Crippen LogP contribution >= 0.6 is 11.6 Å². The predicted octanol–water partition coefficient (Wildman–Crippen LogP) is 4.22. The summed E-state index contributed by atoms with van der Waals surface area (Å²) < 4.78 is 0. The number of anilines is 1. The summed E-state index contributed by atoms with van der Waals surface area (Å²) in [5.74, 6) is 0.909. The lowest BCUT2D eigenvalue weighted by Gasteiger charge is -2.33. The maximum Gasteiger partial charge on any atom is 0.0642 e. The summed E-state index contributed by atoms with van der Waals surface area (Å²) in [6, 6.07) is 7.32. The topological polar surface area (TPSA) is 15.3 Å². The molecule has 0 unspecified atom stereocenters. The summed E-state index contributed by atoms with van der Waals surface area (Å²) in [4.78, 5) is 2.45. The number of nitrogens with zero attached hydrogens (tertiary/aromatic N) is 1. The van der Waals surface area contributed by atoms with Gasteiger partial charge in [-0.2, -0.15) is 0 Å². The van der Waals surface area contributed by atoms with Crippen molar-refractivity contribution in [3.8, 4) is 0 Å². The highest BCUT2D eigenvalue weighted by Crippen LogP contribution is 2.31. The van der Waals surface area contributed by atoms with E-state index in [0.29, 0.717) is 0 Å². The highest BCUT2D eigenvalue weighted by molar-refractivity contribution is 6.33. The Morgan fingerprint density at radius 1 is 1.20 bits per heavy atom. The molecular weight excluding hydrogens is 268 g/mol. The van der Waals surface area contributed by atoms with Crippen molar-refractivity contribution in [2.45, 2.75) is 51.6 Å². The van der Waals surface area contributed by atoms with Gasteiger partial charge in [0, 0.05) is 25.7 Å². The maximum absolute atomic E-state index is 6.49. The van der Waals surface area contributed by atoms with Gasteiger partial charge in [0.25, 0.3) is 0 Å². The Morgan fingerprint density at radius 3 is 2.55 bits per heavy atom. The molecule has 1 aliphatic carbocycles. The summed E-state index contributed by atoms with van der Waals surface area (Å²) in [5.41, 5.74) is 2.52. The molecule has 2 nitrogen and oxygen atoms in total. The first-order valence-electron chi connectivity index (χ1n) is 8.03. The highest BCUT2D eigenvalue weighted by atomic mass is 35.5. The average Bonchev–Trinajstić information content (AvgIpc) is 3.30. The third-order valence-corrected chi connectivity index (χ3v) is 5.02. The van der Waals surface area contributed by atoms with E-state index in [1.54, 1.807) is 0 Å². The van der Waals surface area contributed by atoms with E-state index in [1.165, 1.54) is 43.4 Å². The Bertz CT molecular complexity index is 448. The van der Waals surface area contributed by atoms with Crippen LogP contribution in [0, 0.1) is 5.92 Å². The first-order valence-corrected chi connectivity index (χ1v) is 8.41. The third-order valence-electron chi connectivity index (χ3n) is 4.72. The minimum atomic E-state index is 0.751. The molecule has 1 saturated heterocycles. The summed E-state index contributed by atoms with van der Waals surface area (Å²) in [5, 5.41) is 4.45. The fraction of sp³-hybridized carbons (Fsp3) is 0.647. The quantitative estimate of drug-likeness (QED) is 0.874. The van der Waals surface area contributed by atoms with Gasteiger partial charge in [-0.1, -0.05) is 31.0 Å². The zero-order chi connectivity index (χ0) is 13.9. The second kappa shape index (κ2) is 6.36. The molecule has 1 N–H and O–H groups in total. The molecule has 2 aliphatic rings. The first kappa shape index (κ1) is 14.2. The second-order valence-corrected chi connectivity index (χ2v) is 6.69. The lowest BCUT2D eigenvalue weighted by Crippen LogP contribution is -2.33. The van der Waals surface area contributed by atoms with E-state index in [9.17, 15) is 0 Å². The minimum Gasteiger partial charge on any atom is -0.370 e. The Morgan fingerprint density at radius 2 is 1.95 bits per heavy atom. The van der Waals surface area contributed by atoms with Crippen LogP contribution in [0.25, 0.3) is 0 Å². The zero-order valence-electron chi connectivity index (χ0n) is 12.4. The van der Waals surface area contributed by atoms with Crippen LogP contribution < -0.4 is 10.2 Å². The van der Waals surface area contributed by atoms with Crippen molar-refractivity contribution >= 4 is 17.3 Å². The molecule has 20 heavy (non-hydrogen) atoms. The summed E-state index contributed by atoms with van der Waals surface area (Å²) >= 11 is 6.49. The standard InChI is InChI=1S/C17H25ClN2/c1-2-13-7-9-20(10-8-13)17-6-3-14(11-16(17)18)12-19-15-4-5-15/h3,6,11,13,15,19H,2,4-5,7-10,12H2,1H3. The summed E-state index contributed by atoms with van der Waals surface area (Å²) in [6.07, 6.45) is 6.58. The van der Waals surface area contributed by atoms with E-state index < -0.39 is 0 Å². The van der Waals surface area contributed by atoms with Gasteiger partial charge in [-0.05, 0) is 49.3 Å². The van der Waals surface area contributed by atoms with Crippen molar-refractivity contribution in [2.24, 2.45) is 5.92 Å². The monoisotopic (exact) mass is 292 g/mol. The van der Waals surface area contributed by atoms with Crippen LogP contribution in [0.2, 0.25) is 5.02 Å². The van der Waals surface area contributed by atoms with Crippen LogP contribution in [0.5, 0.6) is 0 Å². The van der Waals surface area contributed by atoms with Crippen LogP contribution in [0.1, 0.15) is 44.6 Å². The molecule has 3 rings (SSSR count). The first-order chi connectivity index (χ1) is 9.76. The van der Waals surface area contributed by atoms with Crippen molar-refractivity contribution in [1.29, 1.82) is 0 Å². The predicted molar refractivity (Wildman–Crippen MR) is 86.5 cm³/mol. The van der Waals surface area contributed by atoms with Gasteiger partial charge in [-0.15, -0.1) is 0 Å². The van der Waals surface area contributed by atoms with Crippen LogP contribution in [0.3, 0.4) is 0 Å². The van der Waals surface area contributed by atoms with Crippen LogP contribution in [0.4, 0.5) is 5.69 Å². The van der Waals surface area contributed by atoms with Gasteiger partial charge in [0.1, 0.15) is 0 Å². The average molecular weight is 293 g/mol. The van der Waals surface area contributed by atoms with Gasteiger partial charge < -0.3 is 10.2 Å². The van der Waals surface area contributed by atoms with Gasteiger partial charge in [-0.3, -0.25) is 0 Å². The lowest BCUT2D eigenvalue weighted by atomic mass is 9.94. The molecule has 0 spiro atoms. The van der Waals surface area contributed by atoms with Gasteiger partial charge in [0.15, 0.2) is 0 Å². The van der Waals surface area contributed by atoms with E-state index in [0.717, 1.165) is 36.6 Å². The van der Waals surface area contributed by atoms with E-state index >= 15 is 0 Å². The molecule has 0 atom stereocenters. The van der Waals surface area contributed by atoms with E-state index in [1.807, 2.05) is 0 Å². The van der Waals surface area contributed by atoms with Gasteiger partial charge in [0.2, 0.25) is 0 Å². The Balaban J connectivity index is 1.61. The van der Waals surface area contributed by atoms with Crippen molar-refractivity contribution in [1.82, 2.24) is 5.32 Å². The maximum atomic E-state index is 6.49. The molecule has 0 radical (unpaired) electrons. The summed E-state index contributed by atoms with van der Waals surface area (Å²) in [7, 11) is 0. The van der Waals surface area contributed by atoms with Crippen LogP contribution in [-0.2, 0) is 6.54 Å². The van der Waals surface area contributed by atoms with E-state index in [-0.39, 0.29) is 0 Å². The van der Waals surface area contributed by atoms with Crippen molar-refractivity contribution in [3.63, 3.8) is 0 Å². The normalized spacial score (nSPS) is 20.4. The number of benzene rings is 1. The number of rotatable bonds is 5. The smallest absolute Gasteiger partial charge is 0.0642 e. The largest absolute Gasteiger partial charge is 0.370 e. The molecule has 0 amide bonds. The lowest BCUT2D eigenvalue weighted by molar-refractivity contribution is 0.395. The molecule has 1 aromatic carbocycles. The van der Waals surface area contributed by atoms with Gasteiger partial charge >= 0.3 is 0 Å². The number of halogens is 1. The number of hydrogen-bond acceptors (Lipinski definition) is 2.